The van der Waals surface area contributed by atoms with Gasteiger partial charge in [-0.25, -0.2) is 0 Å². The molecule has 0 saturated heterocycles. The number of halogens is 1. The predicted molar refractivity (Wildman–Crippen MR) is 101 cm³/mol. The fourth-order valence-corrected chi connectivity index (χ4v) is 1.68. The maximum absolute atomic E-state index is 11.4. The number of nitrogens with one attached hydrogen (secondary N) is 2. The molecule has 0 unspecified atom stereocenters. The van der Waals surface area contributed by atoms with E-state index in [0.29, 0.717) is 32.1 Å². The van der Waals surface area contributed by atoms with Crippen molar-refractivity contribution in [1.29, 1.82) is 0 Å². The van der Waals surface area contributed by atoms with Crippen LogP contribution >= 0.6 is 24.0 Å². The summed E-state index contributed by atoms with van der Waals surface area (Å²) in [5.41, 5.74) is 0. The largest absolute Gasteiger partial charge is 0.467 e. The van der Waals surface area contributed by atoms with Crippen molar-refractivity contribution >= 4 is 35.8 Å². The fraction of sp³-hybridized carbons (Fsp3) is 0.600. The van der Waals surface area contributed by atoms with Crippen molar-refractivity contribution in [3.8, 4) is 0 Å². The van der Waals surface area contributed by atoms with E-state index in [2.05, 4.69) is 15.6 Å². The van der Waals surface area contributed by atoms with Crippen LogP contribution in [0, 0.1) is 0 Å². The van der Waals surface area contributed by atoms with E-state index in [1.165, 1.54) is 0 Å². The number of carbonyl (C=O) groups is 1. The summed E-state index contributed by atoms with van der Waals surface area (Å²) in [5.74, 6) is 1.61. The van der Waals surface area contributed by atoms with E-state index in [1.54, 1.807) is 32.3 Å². The van der Waals surface area contributed by atoms with E-state index in [-0.39, 0.29) is 29.9 Å². The van der Waals surface area contributed by atoms with Gasteiger partial charge in [-0.3, -0.25) is 9.79 Å². The van der Waals surface area contributed by atoms with Crippen LogP contribution in [0.15, 0.2) is 27.8 Å². The van der Waals surface area contributed by atoms with Crippen LogP contribution in [0.2, 0.25) is 0 Å². The molecule has 0 aliphatic heterocycles. The highest BCUT2D eigenvalue weighted by Gasteiger charge is 2.04. The molecule has 1 aromatic heterocycles. The zero-order valence-electron chi connectivity index (χ0n) is 14.0. The summed E-state index contributed by atoms with van der Waals surface area (Å²) in [6.07, 6.45) is 2.94. The molecule has 1 aromatic rings. The Hall–Kier alpha value is -1.29. The van der Waals surface area contributed by atoms with Gasteiger partial charge in [0.25, 0.3) is 0 Å². The third-order valence-corrected chi connectivity index (χ3v) is 2.94. The molecule has 132 valence electrons. The van der Waals surface area contributed by atoms with Gasteiger partial charge in [-0.15, -0.1) is 24.0 Å². The summed E-state index contributed by atoms with van der Waals surface area (Å²) in [5, 5.41) is 6.28. The highest BCUT2D eigenvalue weighted by molar-refractivity contribution is 14.0. The van der Waals surface area contributed by atoms with Gasteiger partial charge in [0.1, 0.15) is 12.4 Å². The highest BCUT2D eigenvalue weighted by Crippen LogP contribution is 2.01. The average Bonchev–Trinajstić information content (AvgIpc) is 3.01. The van der Waals surface area contributed by atoms with E-state index >= 15 is 0 Å². The Morgan fingerprint density at radius 3 is 2.70 bits per heavy atom. The first-order chi connectivity index (χ1) is 10.6. The number of aliphatic imine (C=N–C) groups is 1. The van der Waals surface area contributed by atoms with Gasteiger partial charge in [0.05, 0.1) is 6.26 Å². The van der Waals surface area contributed by atoms with Gasteiger partial charge in [-0.05, 0) is 18.6 Å². The number of rotatable bonds is 9. The molecule has 2 N–H and O–H groups in total. The molecule has 0 atom stereocenters. The Kier molecular flexibility index (Phi) is 12.4. The zero-order chi connectivity index (χ0) is 16.2. The maximum Gasteiger partial charge on any atom is 0.223 e. The normalized spacial score (nSPS) is 10.8. The van der Waals surface area contributed by atoms with E-state index in [9.17, 15) is 4.79 Å². The molecule has 0 radical (unpaired) electrons. The second-order valence-corrected chi connectivity index (χ2v) is 4.95. The van der Waals surface area contributed by atoms with E-state index in [4.69, 9.17) is 9.15 Å². The van der Waals surface area contributed by atoms with Crippen LogP contribution in [0.4, 0.5) is 0 Å². The summed E-state index contributed by atoms with van der Waals surface area (Å²) in [6.45, 7) is 2.45. The van der Waals surface area contributed by atoms with Crippen LogP contribution in [0.3, 0.4) is 0 Å². The highest BCUT2D eigenvalue weighted by atomic mass is 127. The molecule has 7 nitrogen and oxygen atoms in total. The summed E-state index contributed by atoms with van der Waals surface area (Å²) >= 11 is 0. The standard InChI is InChI=1S/C15H26N4O3.HI/c1-16-15(18-9-7-14(20)19(2)3)17-8-5-10-21-12-13-6-4-11-22-13;/h4,6,11H,5,7-10,12H2,1-3H3,(H2,16,17,18);1H. The van der Waals surface area contributed by atoms with Crippen molar-refractivity contribution in [1.82, 2.24) is 15.5 Å². The number of carbonyl (C=O) groups excluding carboxylic acids is 1. The summed E-state index contributed by atoms with van der Waals surface area (Å²) in [6, 6.07) is 3.73. The van der Waals surface area contributed by atoms with E-state index in [1.807, 2.05) is 12.1 Å². The molecule has 8 heteroatoms. The van der Waals surface area contributed by atoms with Gasteiger partial charge in [-0.1, -0.05) is 0 Å². The first-order valence-corrected chi connectivity index (χ1v) is 7.38. The molecule has 23 heavy (non-hydrogen) atoms. The van der Waals surface area contributed by atoms with Crippen molar-refractivity contribution in [2.45, 2.75) is 19.4 Å². The Balaban J connectivity index is 0.00000484. The minimum atomic E-state index is 0. The van der Waals surface area contributed by atoms with E-state index < -0.39 is 0 Å². The monoisotopic (exact) mass is 438 g/mol. The minimum absolute atomic E-state index is 0. The van der Waals surface area contributed by atoms with Gasteiger partial charge >= 0.3 is 0 Å². The first kappa shape index (κ1) is 21.7. The number of guanidine groups is 1. The van der Waals surface area contributed by atoms with Crippen LogP contribution in [0.25, 0.3) is 0 Å². The summed E-state index contributed by atoms with van der Waals surface area (Å²) < 4.78 is 10.7. The number of furan rings is 1. The molecule has 0 aliphatic rings. The second kappa shape index (κ2) is 13.2. The lowest BCUT2D eigenvalue weighted by atomic mass is 10.4. The molecule has 0 fully saturated rings. The van der Waals surface area contributed by atoms with Gasteiger partial charge in [0.15, 0.2) is 5.96 Å². The Labute approximate surface area is 154 Å². The lowest BCUT2D eigenvalue weighted by molar-refractivity contribution is -0.128. The number of hydrogen-bond donors (Lipinski definition) is 2. The lowest BCUT2D eigenvalue weighted by Gasteiger charge is -2.13. The number of amides is 1. The van der Waals surface area contributed by atoms with Crippen molar-refractivity contribution in [2.75, 3.05) is 40.8 Å². The van der Waals surface area contributed by atoms with Crippen LogP contribution < -0.4 is 10.6 Å². The van der Waals surface area contributed by atoms with Gasteiger partial charge < -0.3 is 24.7 Å². The van der Waals surface area contributed by atoms with E-state index in [0.717, 1.165) is 18.7 Å². The smallest absolute Gasteiger partial charge is 0.223 e. The van der Waals surface area contributed by atoms with Crippen LogP contribution in [-0.4, -0.2) is 57.6 Å². The van der Waals surface area contributed by atoms with Crippen molar-refractivity contribution in [2.24, 2.45) is 4.99 Å². The van der Waals surface area contributed by atoms with Gasteiger partial charge in [0, 0.05) is 47.3 Å². The number of hydrogen-bond acceptors (Lipinski definition) is 4. The number of nitrogens with zero attached hydrogens (tertiary/aromatic N) is 2. The Morgan fingerprint density at radius 1 is 1.35 bits per heavy atom. The first-order valence-electron chi connectivity index (χ1n) is 7.38. The molecule has 0 aromatic carbocycles. The maximum atomic E-state index is 11.4. The fourth-order valence-electron chi connectivity index (χ4n) is 1.68. The molecule has 0 saturated carbocycles. The molecule has 1 amide bonds. The van der Waals surface area contributed by atoms with Crippen molar-refractivity contribution < 1.29 is 13.9 Å². The molecule has 0 aliphatic carbocycles. The summed E-state index contributed by atoms with van der Waals surface area (Å²) in [7, 11) is 5.20. The van der Waals surface area contributed by atoms with Crippen molar-refractivity contribution in [3.05, 3.63) is 24.2 Å². The van der Waals surface area contributed by atoms with Crippen LogP contribution in [0.1, 0.15) is 18.6 Å². The quantitative estimate of drug-likeness (QED) is 0.264. The zero-order valence-corrected chi connectivity index (χ0v) is 16.3. The van der Waals surface area contributed by atoms with Crippen LogP contribution in [-0.2, 0) is 16.1 Å². The van der Waals surface area contributed by atoms with Gasteiger partial charge in [-0.2, -0.15) is 0 Å². The Bertz CT molecular complexity index is 450. The topological polar surface area (TPSA) is 79.1 Å². The number of ether oxygens (including phenoxy) is 1. The third kappa shape index (κ3) is 10.2. The Morgan fingerprint density at radius 2 is 2.09 bits per heavy atom. The lowest BCUT2D eigenvalue weighted by Crippen LogP contribution is -2.39. The molecular formula is C15H27IN4O3. The van der Waals surface area contributed by atoms with Gasteiger partial charge in [0.2, 0.25) is 5.91 Å². The molecular weight excluding hydrogens is 411 g/mol. The SMILES string of the molecule is CN=C(NCCCOCc1ccco1)NCCC(=O)N(C)C.I. The molecule has 0 spiro atoms. The van der Waals surface area contributed by atoms with Crippen LogP contribution in [0.5, 0.6) is 0 Å². The molecule has 1 rings (SSSR count). The minimum Gasteiger partial charge on any atom is -0.467 e. The molecule has 0 bridgehead atoms. The third-order valence-electron chi connectivity index (χ3n) is 2.94. The molecule has 1 heterocycles. The second-order valence-electron chi connectivity index (χ2n) is 4.95. The average molecular weight is 438 g/mol. The van der Waals surface area contributed by atoms with Crippen molar-refractivity contribution in [3.63, 3.8) is 0 Å². The predicted octanol–water partition coefficient (Wildman–Crippen LogP) is 1.45. The summed E-state index contributed by atoms with van der Waals surface area (Å²) in [4.78, 5) is 17.1.